The van der Waals surface area contributed by atoms with Crippen molar-refractivity contribution in [1.82, 2.24) is 9.97 Å². The maximum Gasteiger partial charge on any atom is 0.225 e. The van der Waals surface area contributed by atoms with Gasteiger partial charge in [0.1, 0.15) is 11.6 Å². The normalized spacial score (nSPS) is 10.2. The largest absolute Gasteiger partial charge is 0.439 e. The number of aromatic nitrogens is 2. The van der Waals surface area contributed by atoms with Crippen LogP contribution < -0.4 is 4.74 Å². The third-order valence-corrected chi connectivity index (χ3v) is 1.99. The molecule has 82 valence electrons. The van der Waals surface area contributed by atoms with Gasteiger partial charge in [-0.05, 0) is 30.7 Å². The highest BCUT2D eigenvalue weighted by Crippen LogP contribution is 2.21. The lowest BCUT2D eigenvalue weighted by Gasteiger charge is -2.05. The van der Waals surface area contributed by atoms with Crippen LogP contribution in [0, 0.1) is 12.7 Å². The maximum absolute atomic E-state index is 12.9. The Labute approximate surface area is 96.9 Å². The van der Waals surface area contributed by atoms with Crippen LogP contribution in [0.4, 0.5) is 4.39 Å². The standard InChI is InChI=1S/C11H8ClFN2O/c1-7-5-10(15-11(12)14-7)16-9-4-2-3-8(13)6-9/h2-6H,1H3. The highest BCUT2D eigenvalue weighted by molar-refractivity contribution is 6.28. The number of aryl methyl sites for hydroxylation is 1. The molecule has 0 unspecified atom stereocenters. The van der Waals surface area contributed by atoms with Crippen molar-refractivity contribution in [2.24, 2.45) is 0 Å². The molecule has 2 aromatic rings. The van der Waals surface area contributed by atoms with Crippen molar-refractivity contribution < 1.29 is 9.13 Å². The van der Waals surface area contributed by atoms with E-state index in [0.29, 0.717) is 17.3 Å². The molecule has 0 aliphatic carbocycles. The molecule has 1 aromatic heterocycles. The smallest absolute Gasteiger partial charge is 0.225 e. The molecule has 0 spiro atoms. The monoisotopic (exact) mass is 238 g/mol. The Bertz CT molecular complexity index is 499. The van der Waals surface area contributed by atoms with E-state index in [1.165, 1.54) is 12.1 Å². The predicted octanol–water partition coefficient (Wildman–Crippen LogP) is 3.37. The van der Waals surface area contributed by atoms with E-state index < -0.39 is 0 Å². The second-order valence-corrected chi connectivity index (χ2v) is 3.51. The van der Waals surface area contributed by atoms with E-state index in [1.807, 2.05) is 0 Å². The van der Waals surface area contributed by atoms with Crippen LogP contribution in [-0.2, 0) is 0 Å². The molecular weight excluding hydrogens is 231 g/mol. The van der Waals surface area contributed by atoms with Gasteiger partial charge in [-0.25, -0.2) is 9.37 Å². The Balaban J connectivity index is 2.27. The number of halogens is 2. The summed E-state index contributed by atoms with van der Waals surface area (Å²) < 4.78 is 18.2. The Kier molecular flexibility index (Phi) is 3.01. The number of ether oxygens (including phenoxy) is 1. The zero-order valence-electron chi connectivity index (χ0n) is 8.45. The summed E-state index contributed by atoms with van der Waals surface area (Å²) in [5.41, 5.74) is 0.686. The Hall–Kier alpha value is -1.68. The van der Waals surface area contributed by atoms with Crippen molar-refractivity contribution in [2.75, 3.05) is 0 Å². The van der Waals surface area contributed by atoms with Crippen LogP contribution >= 0.6 is 11.6 Å². The topological polar surface area (TPSA) is 35.0 Å². The van der Waals surface area contributed by atoms with E-state index in [2.05, 4.69) is 9.97 Å². The van der Waals surface area contributed by atoms with Crippen LogP contribution in [0.25, 0.3) is 0 Å². The van der Waals surface area contributed by atoms with Crippen molar-refractivity contribution in [3.63, 3.8) is 0 Å². The first kappa shape index (κ1) is 10.8. The van der Waals surface area contributed by atoms with Crippen molar-refractivity contribution >= 4 is 11.6 Å². The summed E-state index contributed by atoms with van der Waals surface area (Å²) in [5.74, 6) is 0.298. The first-order valence-electron chi connectivity index (χ1n) is 4.58. The first-order valence-corrected chi connectivity index (χ1v) is 4.96. The van der Waals surface area contributed by atoms with Gasteiger partial charge in [-0.2, -0.15) is 4.98 Å². The molecule has 0 atom stereocenters. The fraction of sp³-hybridized carbons (Fsp3) is 0.0909. The lowest BCUT2D eigenvalue weighted by molar-refractivity contribution is 0.456. The quantitative estimate of drug-likeness (QED) is 0.753. The zero-order chi connectivity index (χ0) is 11.5. The predicted molar refractivity (Wildman–Crippen MR) is 58.3 cm³/mol. The SMILES string of the molecule is Cc1cc(Oc2cccc(F)c2)nc(Cl)n1. The molecule has 0 amide bonds. The van der Waals surface area contributed by atoms with Gasteiger partial charge in [-0.15, -0.1) is 0 Å². The fourth-order valence-corrected chi connectivity index (χ4v) is 1.42. The number of hydrogen-bond donors (Lipinski definition) is 0. The molecule has 0 bridgehead atoms. The molecule has 5 heteroatoms. The maximum atomic E-state index is 12.9. The minimum Gasteiger partial charge on any atom is -0.439 e. The van der Waals surface area contributed by atoms with Crippen LogP contribution in [-0.4, -0.2) is 9.97 Å². The molecule has 0 saturated carbocycles. The first-order chi connectivity index (χ1) is 7.63. The highest BCUT2D eigenvalue weighted by Gasteiger charge is 2.03. The third kappa shape index (κ3) is 2.67. The van der Waals surface area contributed by atoms with Crippen molar-refractivity contribution in [2.45, 2.75) is 6.92 Å². The second kappa shape index (κ2) is 4.45. The lowest BCUT2D eigenvalue weighted by atomic mass is 10.3. The number of benzene rings is 1. The van der Waals surface area contributed by atoms with E-state index in [-0.39, 0.29) is 11.1 Å². The van der Waals surface area contributed by atoms with Gasteiger partial charge in [0.2, 0.25) is 11.2 Å². The van der Waals surface area contributed by atoms with E-state index in [9.17, 15) is 4.39 Å². The molecule has 0 aliphatic heterocycles. The summed E-state index contributed by atoms with van der Waals surface area (Å²) in [7, 11) is 0. The summed E-state index contributed by atoms with van der Waals surface area (Å²) in [4.78, 5) is 7.76. The van der Waals surface area contributed by atoms with E-state index >= 15 is 0 Å². The molecule has 0 saturated heterocycles. The molecule has 16 heavy (non-hydrogen) atoms. The molecule has 0 fully saturated rings. The number of nitrogens with zero attached hydrogens (tertiary/aromatic N) is 2. The summed E-state index contributed by atoms with van der Waals surface area (Å²) in [6, 6.07) is 7.42. The fourth-order valence-electron chi connectivity index (χ4n) is 1.21. The molecule has 0 aliphatic rings. The van der Waals surface area contributed by atoms with Gasteiger partial charge in [-0.3, -0.25) is 0 Å². The van der Waals surface area contributed by atoms with Gasteiger partial charge in [0.25, 0.3) is 0 Å². The summed E-state index contributed by atoms with van der Waals surface area (Å²) in [5, 5.41) is 0.103. The number of hydrogen-bond acceptors (Lipinski definition) is 3. The van der Waals surface area contributed by atoms with E-state index in [1.54, 1.807) is 25.1 Å². The van der Waals surface area contributed by atoms with Gasteiger partial charge >= 0.3 is 0 Å². The van der Waals surface area contributed by atoms with Crippen LogP contribution in [0.3, 0.4) is 0 Å². The van der Waals surface area contributed by atoms with Gasteiger partial charge in [0, 0.05) is 17.8 Å². The molecule has 2 rings (SSSR count). The molecule has 0 N–H and O–H groups in total. The van der Waals surface area contributed by atoms with E-state index in [4.69, 9.17) is 16.3 Å². The molecule has 1 heterocycles. The number of rotatable bonds is 2. The Morgan fingerprint density at radius 1 is 1.25 bits per heavy atom. The molecule has 3 nitrogen and oxygen atoms in total. The minimum atomic E-state index is -0.366. The second-order valence-electron chi connectivity index (χ2n) is 3.18. The van der Waals surface area contributed by atoms with Crippen LogP contribution in [0.15, 0.2) is 30.3 Å². The van der Waals surface area contributed by atoms with Crippen LogP contribution in [0.5, 0.6) is 11.6 Å². The Morgan fingerprint density at radius 2 is 2.06 bits per heavy atom. The summed E-state index contributed by atoms with van der Waals surface area (Å²) in [6.45, 7) is 1.77. The molecular formula is C11H8ClFN2O. The summed E-state index contributed by atoms with van der Waals surface area (Å²) >= 11 is 5.67. The highest BCUT2D eigenvalue weighted by atomic mass is 35.5. The van der Waals surface area contributed by atoms with Gasteiger partial charge in [0.15, 0.2) is 0 Å². The molecule has 0 radical (unpaired) electrons. The lowest BCUT2D eigenvalue weighted by Crippen LogP contribution is -1.92. The zero-order valence-corrected chi connectivity index (χ0v) is 9.20. The van der Waals surface area contributed by atoms with E-state index in [0.717, 1.165) is 0 Å². The van der Waals surface area contributed by atoms with Gasteiger partial charge < -0.3 is 4.74 Å². The van der Waals surface area contributed by atoms with Crippen molar-refractivity contribution in [3.8, 4) is 11.6 Å². The average molecular weight is 239 g/mol. The van der Waals surface area contributed by atoms with Crippen molar-refractivity contribution in [1.29, 1.82) is 0 Å². The third-order valence-electron chi connectivity index (χ3n) is 1.82. The van der Waals surface area contributed by atoms with Crippen LogP contribution in [0.1, 0.15) is 5.69 Å². The van der Waals surface area contributed by atoms with Crippen LogP contribution in [0.2, 0.25) is 5.28 Å². The summed E-state index contributed by atoms with van der Waals surface area (Å²) in [6.07, 6.45) is 0. The van der Waals surface area contributed by atoms with Crippen molar-refractivity contribution in [3.05, 3.63) is 47.1 Å². The van der Waals surface area contributed by atoms with Gasteiger partial charge in [-0.1, -0.05) is 6.07 Å². The molecule has 1 aromatic carbocycles. The average Bonchev–Trinajstić information content (AvgIpc) is 2.15. The minimum absolute atomic E-state index is 0.103. The van der Waals surface area contributed by atoms with Gasteiger partial charge in [0.05, 0.1) is 0 Å². The Morgan fingerprint density at radius 3 is 2.75 bits per heavy atom.